The van der Waals surface area contributed by atoms with Crippen molar-refractivity contribution in [2.24, 2.45) is 0 Å². The molecule has 3 rings (SSSR count). The summed E-state index contributed by atoms with van der Waals surface area (Å²) in [5.74, 6) is 1.61. The number of thioether (sulfide) groups is 1. The summed E-state index contributed by atoms with van der Waals surface area (Å²) in [4.78, 5) is 0. The second kappa shape index (κ2) is 8.56. The molecule has 0 radical (unpaired) electrons. The Balaban J connectivity index is 1.73. The van der Waals surface area contributed by atoms with Crippen LogP contribution >= 0.6 is 35.0 Å². The van der Waals surface area contributed by atoms with Crippen LogP contribution in [-0.4, -0.2) is 14.8 Å². The average molecular weight is 390 g/mol. The lowest BCUT2D eigenvalue weighted by Crippen LogP contribution is -1.99. The highest BCUT2D eigenvalue weighted by molar-refractivity contribution is 7.98. The number of hydrogen-bond donors (Lipinski definition) is 0. The van der Waals surface area contributed by atoms with E-state index in [0.29, 0.717) is 10.0 Å². The van der Waals surface area contributed by atoms with Crippen LogP contribution < -0.4 is 0 Å². The molecule has 0 saturated heterocycles. The molecule has 0 aliphatic heterocycles. The third kappa shape index (κ3) is 4.66. The number of hydrogen-bond acceptors (Lipinski definition) is 3. The lowest BCUT2D eigenvalue weighted by molar-refractivity contribution is 0.675. The lowest BCUT2D eigenvalue weighted by atomic mass is 10.2. The summed E-state index contributed by atoms with van der Waals surface area (Å²) >= 11 is 13.7. The largest absolute Gasteiger partial charge is 0.303 e. The molecule has 0 spiro atoms. The van der Waals surface area contributed by atoms with E-state index in [-0.39, 0.29) is 0 Å². The van der Waals surface area contributed by atoms with Gasteiger partial charge in [-0.2, -0.15) is 0 Å². The fraction of sp³-hybridized carbons (Fsp3) is 0.158. The number of aromatic nitrogens is 3. The van der Waals surface area contributed by atoms with Crippen molar-refractivity contribution in [2.45, 2.75) is 24.4 Å². The second-order valence-corrected chi connectivity index (χ2v) is 7.12. The third-order valence-electron chi connectivity index (χ3n) is 3.64. The maximum atomic E-state index is 6.07. The van der Waals surface area contributed by atoms with Gasteiger partial charge in [-0.1, -0.05) is 77.4 Å². The number of benzene rings is 2. The highest BCUT2D eigenvalue weighted by atomic mass is 35.5. The van der Waals surface area contributed by atoms with E-state index in [1.54, 1.807) is 11.8 Å². The Kier molecular flexibility index (Phi) is 6.19. The minimum Gasteiger partial charge on any atom is -0.303 e. The van der Waals surface area contributed by atoms with Gasteiger partial charge in [0, 0.05) is 12.3 Å². The van der Waals surface area contributed by atoms with Gasteiger partial charge in [0.25, 0.3) is 0 Å². The van der Waals surface area contributed by atoms with Gasteiger partial charge in [-0.25, -0.2) is 0 Å². The van der Waals surface area contributed by atoms with Crippen LogP contribution in [0.25, 0.3) is 12.2 Å². The minimum atomic E-state index is 0.570. The molecular formula is C19H17Cl2N3S. The number of halogens is 2. The molecule has 3 nitrogen and oxygen atoms in total. The Bertz CT molecular complexity index is 876. The van der Waals surface area contributed by atoms with Crippen molar-refractivity contribution in [3.63, 3.8) is 0 Å². The molecule has 1 aromatic heterocycles. The van der Waals surface area contributed by atoms with Crippen LogP contribution in [0, 0.1) is 0 Å². The van der Waals surface area contributed by atoms with Crippen molar-refractivity contribution in [1.82, 2.24) is 14.8 Å². The molecule has 128 valence electrons. The highest BCUT2D eigenvalue weighted by Gasteiger charge is 2.10. The molecule has 0 atom stereocenters. The van der Waals surface area contributed by atoms with Crippen LogP contribution in [0.5, 0.6) is 0 Å². The first-order chi connectivity index (χ1) is 12.2. The van der Waals surface area contributed by atoms with Gasteiger partial charge < -0.3 is 4.57 Å². The molecule has 0 saturated carbocycles. The predicted octanol–water partition coefficient (Wildman–Crippen LogP) is 6.07. The number of nitrogens with zero attached hydrogens (tertiary/aromatic N) is 3. The molecule has 0 aliphatic carbocycles. The molecular weight excluding hydrogens is 373 g/mol. The first-order valence-corrected chi connectivity index (χ1v) is 9.64. The van der Waals surface area contributed by atoms with Gasteiger partial charge in [0.05, 0.1) is 10.0 Å². The summed E-state index contributed by atoms with van der Waals surface area (Å²) in [6, 6.07) is 15.8. The minimum absolute atomic E-state index is 0.570. The van der Waals surface area contributed by atoms with Crippen LogP contribution in [0.15, 0.2) is 53.7 Å². The van der Waals surface area contributed by atoms with E-state index >= 15 is 0 Å². The van der Waals surface area contributed by atoms with Crippen LogP contribution in [-0.2, 0) is 12.3 Å². The summed E-state index contributed by atoms with van der Waals surface area (Å²) < 4.78 is 2.10. The standard InChI is InChI=1S/C19H17Cl2N3S/c1-2-24-18(11-9-14-6-4-3-5-7-14)22-23-19(24)25-13-15-8-10-16(20)17(21)12-15/h3-12H,2,13H2,1H3/b11-9+. The van der Waals surface area contributed by atoms with Crippen molar-refractivity contribution >= 4 is 47.1 Å². The first-order valence-electron chi connectivity index (χ1n) is 7.90. The van der Waals surface area contributed by atoms with Gasteiger partial charge >= 0.3 is 0 Å². The fourth-order valence-corrected chi connectivity index (χ4v) is 3.61. The van der Waals surface area contributed by atoms with Gasteiger partial charge in [0.2, 0.25) is 0 Å². The van der Waals surface area contributed by atoms with Crippen molar-refractivity contribution in [3.05, 3.63) is 75.5 Å². The summed E-state index contributed by atoms with van der Waals surface area (Å²) in [7, 11) is 0. The molecule has 0 N–H and O–H groups in total. The predicted molar refractivity (Wildman–Crippen MR) is 107 cm³/mol. The fourth-order valence-electron chi connectivity index (χ4n) is 2.34. The molecule has 0 amide bonds. The molecule has 0 aliphatic rings. The van der Waals surface area contributed by atoms with Gasteiger partial charge in [0.1, 0.15) is 0 Å². The van der Waals surface area contributed by atoms with Crippen LogP contribution in [0.4, 0.5) is 0 Å². The van der Waals surface area contributed by atoms with E-state index < -0.39 is 0 Å². The molecule has 0 bridgehead atoms. The molecule has 0 unspecified atom stereocenters. The molecule has 0 fully saturated rings. The Hall–Kier alpha value is -1.75. The quantitative estimate of drug-likeness (QED) is 0.479. The van der Waals surface area contributed by atoms with Crippen molar-refractivity contribution in [3.8, 4) is 0 Å². The van der Waals surface area contributed by atoms with E-state index in [4.69, 9.17) is 23.2 Å². The van der Waals surface area contributed by atoms with Crippen LogP contribution in [0.1, 0.15) is 23.9 Å². The van der Waals surface area contributed by atoms with Gasteiger partial charge in [-0.05, 0) is 36.3 Å². The third-order valence-corrected chi connectivity index (χ3v) is 5.41. The van der Waals surface area contributed by atoms with E-state index in [9.17, 15) is 0 Å². The molecule has 6 heteroatoms. The SMILES string of the molecule is CCn1c(/C=C/c2ccccc2)nnc1SCc1ccc(Cl)c(Cl)c1. The van der Waals surface area contributed by atoms with E-state index in [0.717, 1.165) is 34.4 Å². The maximum absolute atomic E-state index is 6.07. The van der Waals surface area contributed by atoms with E-state index in [1.165, 1.54) is 0 Å². The Morgan fingerprint density at radius 1 is 1.00 bits per heavy atom. The van der Waals surface area contributed by atoms with Gasteiger partial charge in [-0.15, -0.1) is 10.2 Å². The van der Waals surface area contributed by atoms with Gasteiger partial charge in [-0.3, -0.25) is 0 Å². The van der Waals surface area contributed by atoms with Crippen LogP contribution in [0.2, 0.25) is 10.0 Å². The van der Waals surface area contributed by atoms with Crippen molar-refractivity contribution in [1.29, 1.82) is 0 Å². The summed E-state index contributed by atoms with van der Waals surface area (Å²) in [5.41, 5.74) is 2.24. The summed E-state index contributed by atoms with van der Waals surface area (Å²) in [6.45, 7) is 2.90. The zero-order valence-electron chi connectivity index (χ0n) is 13.7. The Morgan fingerprint density at radius 3 is 2.52 bits per heavy atom. The Labute approximate surface area is 161 Å². The number of rotatable bonds is 6. The smallest absolute Gasteiger partial charge is 0.191 e. The average Bonchev–Trinajstić information content (AvgIpc) is 3.03. The first kappa shape index (κ1) is 18.1. The summed E-state index contributed by atoms with van der Waals surface area (Å²) in [5, 5.41) is 10.7. The topological polar surface area (TPSA) is 30.7 Å². The van der Waals surface area contributed by atoms with E-state index in [1.807, 2.05) is 48.6 Å². The second-order valence-electron chi connectivity index (χ2n) is 5.37. The Morgan fingerprint density at radius 2 is 1.80 bits per heavy atom. The zero-order valence-corrected chi connectivity index (χ0v) is 16.0. The zero-order chi connectivity index (χ0) is 17.6. The van der Waals surface area contributed by atoms with E-state index in [2.05, 4.69) is 33.8 Å². The maximum Gasteiger partial charge on any atom is 0.191 e. The lowest BCUT2D eigenvalue weighted by Gasteiger charge is -2.06. The van der Waals surface area contributed by atoms with Crippen molar-refractivity contribution in [2.75, 3.05) is 0 Å². The summed E-state index contributed by atoms with van der Waals surface area (Å²) in [6.07, 6.45) is 4.04. The van der Waals surface area contributed by atoms with Crippen LogP contribution in [0.3, 0.4) is 0 Å². The van der Waals surface area contributed by atoms with Gasteiger partial charge in [0.15, 0.2) is 11.0 Å². The molecule has 3 aromatic rings. The highest BCUT2D eigenvalue weighted by Crippen LogP contribution is 2.27. The molecule has 25 heavy (non-hydrogen) atoms. The monoisotopic (exact) mass is 389 g/mol. The molecule has 1 heterocycles. The van der Waals surface area contributed by atoms with Crippen molar-refractivity contribution < 1.29 is 0 Å². The molecule has 2 aromatic carbocycles. The normalized spacial score (nSPS) is 11.3.